The van der Waals surface area contributed by atoms with Gasteiger partial charge in [0.25, 0.3) is 5.91 Å². The van der Waals surface area contributed by atoms with Gasteiger partial charge in [0.05, 0.1) is 0 Å². The van der Waals surface area contributed by atoms with Crippen LogP contribution in [0.5, 0.6) is 5.75 Å². The van der Waals surface area contributed by atoms with E-state index in [1.807, 2.05) is 56.3 Å². The van der Waals surface area contributed by atoms with E-state index >= 15 is 0 Å². The maximum Gasteiger partial charge on any atom is 0.260 e. The van der Waals surface area contributed by atoms with Gasteiger partial charge in [0, 0.05) is 23.1 Å². The van der Waals surface area contributed by atoms with Gasteiger partial charge in [-0.15, -0.1) is 0 Å². The van der Waals surface area contributed by atoms with Gasteiger partial charge < -0.3 is 10.1 Å². The van der Waals surface area contributed by atoms with Crippen LogP contribution in [0.25, 0.3) is 0 Å². The van der Waals surface area contributed by atoms with E-state index in [9.17, 15) is 4.79 Å². The number of carbonyl (C=O) groups is 1. The zero-order valence-corrected chi connectivity index (χ0v) is 16.4. The molecule has 2 aromatic rings. The van der Waals surface area contributed by atoms with Crippen molar-refractivity contribution in [1.82, 2.24) is 5.32 Å². The highest BCUT2D eigenvalue weighted by atomic mass is 35.5. The van der Waals surface area contributed by atoms with E-state index in [2.05, 4.69) is 5.32 Å². The molecule has 0 fully saturated rings. The average molecular weight is 378 g/mol. The number of carbonyl (C=O) groups excluding carboxylic acids is 1. The van der Waals surface area contributed by atoms with Crippen molar-refractivity contribution in [2.45, 2.75) is 32.6 Å². The summed E-state index contributed by atoms with van der Waals surface area (Å²) in [4.78, 5) is 12.2. The molecule has 2 rings (SSSR count). The monoisotopic (exact) mass is 377 g/mol. The number of benzene rings is 2. The van der Waals surface area contributed by atoms with Crippen LogP contribution in [0.2, 0.25) is 5.02 Å². The lowest BCUT2D eigenvalue weighted by Crippen LogP contribution is -2.37. The Morgan fingerprint density at radius 2 is 1.92 bits per heavy atom. The average Bonchev–Trinajstić information content (AvgIpc) is 2.59. The second kappa shape index (κ2) is 9.73. The maximum atomic E-state index is 12.2. The largest absolute Gasteiger partial charge is 0.481 e. The summed E-state index contributed by atoms with van der Waals surface area (Å²) in [7, 11) is 0. The molecular weight excluding hydrogens is 354 g/mol. The van der Waals surface area contributed by atoms with Gasteiger partial charge in [-0.3, -0.25) is 4.79 Å². The number of aryl methyl sites for hydroxylation is 2. The van der Waals surface area contributed by atoms with Gasteiger partial charge in [0.2, 0.25) is 0 Å². The van der Waals surface area contributed by atoms with Gasteiger partial charge in [-0.25, -0.2) is 0 Å². The van der Waals surface area contributed by atoms with E-state index in [4.69, 9.17) is 16.3 Å². The third-order valence-corrected chi connectivity index (χ3v) is 5.03. The van der Waals surface area contributed by atoms with Crippen LogP contribution in [0.15, 0.2) is 42.5 Å². The van der Waals surface area contributed by atoms with Crippen LogP contribution in [0.1, 0.15) is 23.6 Å². The predicted molar refractivity (Wildman–Crippen MR) is 107 cm³/mol. The highest BCUT2D eigenvalue weighted by molar-refractivity contribution is 7.98. The molecule has 0 radical (unpaired) electrons. The third kappa shape index (κ3) is 6.63. The number of nitrogens with one attached hydrogen (secondary N) is 1. The molecule has 0 bridgehead atoms. The standard InChI is InChI=1S/C20H24ClNO2S/c1-14-4-5-15(2)19(12-14)24-16(3)20(23)22-10-11-25-13-17-6-8-18(21)9-7-17/h4-9,12,16H,10-11,13H2,1-3H3,(H,22,23). The van der Waals surface area contributed by atoms with Gasteiger partial charge in [-0.05, 0) is 55.7 Å². The SMILES string of the molecule is Cc1ccc(C)c(OC(C)C(=O)NCCSCc2ccc(Cl)cc2)c1. The molecule has 0 spiro atoms. The number of halogens is 1. The molecule has 0 saturated carbocycles. The normalized spacial score (nSPS) is 11.8. The van der Waals surface area contributed by atoms with E-state index < -0.39 is 6.10 Å². The smallest absolute Gasteiger partial charge is 0.260 e. The molecule has 5 heteroatoms. The first-order valence-corrected chi connectivity index (χ1v) is 9.83. The Morgan fingerprint density at radius 1 is 1.20 bits per heavy atom. The van der Waals surface area contributed by atoms with E-state index in [1.165, 1.54) is 5.56 Å². The Labute approximate surface area is 159 Å². The molecule has 0 aliphatic rings. The third-order valence-electron chi connectivity index (χ3n) is 3.74. The van der Waals surface area contributed by atoms with Crippen LogP contribution in [-0.4, -0.2) is 24.3 Å². The minimum Gasteiger partial charge on any atom is -0.481 e. The molecule has 0 aromatic heterocycles. The molecule has 1 unspecified atom stereocenters. The summed E-state index contributed by atoms with van der Waals surface area (Å²) in [6.07, 6.45) is -0.512. The second-order valence-corrected chi connectivity index (χ2v) is 7.54. The second-order valence-electron chi connectivity index (χ2n) is 6.00. The van der Waals surface area contributed by atoms with Crippen LogP contribution >= 0.6 is 23.4 Å². The molecule has 1 atom stereocenters. The molecule has 0 saturated heterocycles. The van der Waals surface area contributed by atoms with Crippen molar-refractivity contribution in [1.29, 1.82) is 0 Å². The van der Waals surface area contributed by atoms with Gasteiger partial charge in [0.15, 0.2) is 6.10 Å². The number of hydrogen-bond acceptors (Lipinski definition) is 3. The van der Waals surface area contributed by atoms with Crippen LogP contribution in [0.4, 0.5) is 0 Å². The number of thioether (sulfide) groups is 1. The summed E-state index contributed by atoms with van der Waals surface area (Å²) < 4.78 is 5.79. The van der Waals surface area contributed by atoms with Crippen molar-refractivity contribution in [2.75, 3.05) is 12.3 Å². The lowest BCUT2D eigenvalue weighted by atomic mass is 10.1. The van der Waals surface area contributed by atoms with Crippen molar-refractivity contribution >= 4 is 29.3 Å². The van der Waals surface area contributed by atoms with Crippen LogP contribution < -0.4 is 10.1 Å². The molecular formula is C20H24ClNO2S. The minimum atomic E-state index is -0.512. The van der Waals surface area contributed by atoms with Crippen LogP contribution in [0.3, 0.4) is 0 Å². The number of ether oxygens (including phenoxy) is 1. The molecule has 134 valence electrons. The number of rotatable bonds is 8. The maximum absolute atomic E-state index is 12.2. The van der Waals surface area contributed by atoms with Crippen molar-refractivity contribution in [2.24, 2.45) is 0 Å². The summed E-state index contributed by atoms with van der Waals surface area (Å²) in [5.74, 6) is 2.43. The van der Waals surface area contributed by atoms with E-state index in [1.54, 1.807) is 18.7 Å². The fraction of sp³-hybridized carbons (Fsp3) is 0.350. The summed E-state index contributed by atoms with van der Waals surface area (Å²) in [6, 6.07) is 13.8. The van der Waals surface area contributed by atoms with Gasteiger partial charge in [-0.1, -0.05) is 35.9 Å². The number of hydrogen-bond donors (Lipinski definition) is 1. The molecule has 0 heterocycles. The first kappa shape index (κ1) is 19.7. The first-order chi connectivity index (χ1) is 12.0. The summed E-state index contributed by atoms with van der Waals surface area (Å²) in [5.41, 5.74) is 3.38. The summed E-state index contributed by atoms with van der Waals surface area (Å²) >= 11 is 7.65. The Hall–Kier alpha value is -1.65. The fourth-order valence-corrected chi connectivity index (χ4v) is 3.18. The molecule has 25 heavy (non-hydrogen) atoms. The molecule has 1 amide bonds. The molecule has 2 aromatic carbocycles. The topological polar surface area (TPSA) is 38.3 Å². The Kier molecular flexibility index (Phi) is 7.66. The van der Waals surface area contributed by atoms with Crippen molar-refractivity contribution < 1.29 is 9.53 Å². The van der Waals surface area contributed by atoms with E-state index in [0.717, 1.165) is 33.4 Å². The Bertz CT molecular complexity index is 703. The summed E-state index contributed by atoms with van der Waals surface area (Å²) in [5, 5.41) is 3.68. The lowest BCUT2D eigenvalue weighted by Gasteiger charge is -2.16. The molecule has 0 aliphatic heterocycles. The Morgan fingerprint density at radius 3 is 2.64 bits per heavy atom. The van der Waals surface area contributed by atoms with Gasteiger partial charge in [-0.2, -0.15) is 11.8 Å². The zero-order valence-electron chi connectivity index (χ0n) is 14.8. The molecule has 3 nitrogen and oxygen atoms in total. The van der Waals surface area contributed by atoms with Crippen LogP contribution in [-0.2, 0) is 10.5 Å². The highest BCUT2D eigenvalue weighted by Crippen LogP contribution is 2.20. The molecule has 0 aliphatic carbocycles. The van der Waals surface area contributed by atoms with E-state index in [-0.39, 0.29) is 5.91 Å². The minimum absolute atomic E-state index is 0.0898. The molecule has 1 N–H and O–H groups in total. The van der Waals surface area contributed by atoms with Gasteiger partial charge in [0.1, 0.15) is 5.75 Å². The quantitative estimate of drug-likeness (QED) is 0.673. The van der Waals surface area contributed by atoms with Gasteiger partial charge >= 0.3 is 0 Å². The lowest BCUT2D eigenvalue weighted by molar-refractivity contribution is -0.127. The van der Waals surface area contributed by atoms with Crippen LogP contribution in [0, 0.1) is 13.8 Å². The first-order valence-electron chi connectivity index (χ1n) is 8.29. The van der Waals surface area contributed by atoms with Crippen molar-refractivity contribution in [3.8, 4) is 5.75 Å². The highest BCUT2D eigenvalue weighted by Gasteiger charge is 2.15. The Balaban J connectivity index is 1.69. The van der Waals surface area contributed by atoms with Crippen molar-refractivity contribution in [3.05, 3.63) is 64.2 Å². The van der Waals surface area contributed by atoms with E-state index in [0.29, 0.717) is 6.54 Å². The van der Waals surface area contributed by atoms with Crippen molar-refractivity contribution in [3.63, 3.8) is 0 Å². The predicted octanol–water partition coefficient (Wildman–Crippen LogP) is 4.77. The summed E-state index contributed by atoms with van der Waals surface area (Å²) in [6.45, 7) is 6.39. The number of amides is 1. The zero-order chi connectivity index (χ0) is 18.2. The fourth-order valence-electron chi connectivity index (χ4n) is 2.24.